The van der Waals surface area contributed by atoms with Crippen LogP contribution in [0.3, 0.4) is 0 Å². The topological polar surface area (TPSA) is 77.4 Å². The molecule has 49 heavy (non-hydrogen) atoms. The molecule has 1 fully saturated rings. The van der Waals surface area contributed by atoms with E-state index in [1.165, 1.54) is 18.1 Å². The molecule has 273 valence electrons. The quantitative estimate of drug-likeness (QED) is 0.0560. The smallest absolute Gasteiger partial charge is 0.264 e. The van der Waals surface area contributed by atoms with Crippen LogP contribution >= 0.6 is 10.3 Å². The third kappa shape index (κ3) is 13.2. The normalized spacial score (nSPS) is 18.9. The number of ether oxygens (including phenoxy) is 1. The van der Waals surface area contributed by atoms with Gasteiger partial charge in [0.05, 0.1) is 12.4 Å². The van der Waals surface area contributed by atoms with Gasteiger partial charge in [0.15, 0.2) is 0 Å². The van der Waals surface area contributed by atoms with Crippen molar-refractivity contribution in [1.82, 2.24) is 0 Å². The van der Waals surface area contributed by atoms with Crippen molar-refractivity contribution in [3.63, 3.8) is 0 Å². The summed E-state index contributed by atoms with van der Waals surface area (Å²) in [5.74, 6) is 8.51. The summed E-state index contributed by atoms with van der Waals surface area (Å²) >= 11 is 0. The van der Waals surface area contributed by atoms with Gasteiger partial charge in [-0.2, -0.15) is 8.42 Å². The predicted molar refractivity (Wildman–Crippen MR) is 210 cm³/mol. The van der Waals surface area contributed by atoms with Gasteiger partial charge in [-0.25, -0.2) is 0 Å². The van der Waals surface area contributed by atoms with Gasteiger partial charge in [0.2, 0.25) is 0 Å². The summed E-state index contributed by atoms with van der Waals surface area (Å²) in [4.78, 5) is 6.72. The average molecular weight is 714 g/mol. The molecule has 1 saturated heterocycles. The minimum Gasteiger partial charge on any atom is -0.449 e. The molecule has 1 aromatic carbocycles. The summed E-state index contributed by atoms with van der Waals surface area (Å²) in [6.07, 6.45) is 17.7. The maximum atomic E-state index is 10.5. The second-order valence-corrected chi connectivity index (χ2v) is 19.9. The van der Waals surface area contributed by atoms with E-state index >= 15 is 0 Å². The molecule has 1 radical (unpaired) electrons. The summed E-state index contributed by atoms with van der Waals surface area (Å²) in [5, 5.41) is 0. The third-order valence-electron chi connectivity index (χ3n) is 9.05. The molecule has 0 aromatic heterocycles. The van der Waals surface area contributed by atoms with Crippen LogP contribution in [0.4, 0.5) is 5.69 Å². The second kappa shape index (κ2) is 18.5. The van der Waals surface area contributed by atoms with E-state index in [0.29, 0.717) is 12.3 Å². The highest BCUT2D eigenvalue weighted by atomic mass is 32.3. The molecule has 2 aliphatic rings. The third-order valence-corrected chi connectivity index (χ3v) is 13.3. The molecule has 7 nitrogen and oxygen atoms in total. The first kappa shape index (κ1) is 42.4. The molecule has 1 aromatic rings. The van der Waals surface area contributed by atoms with Crippen molar-refractivity contribution in [1.29, 1.82) is 0 Å². The van der Waals surface area contributed by atoms with Crippen molar-refractivity contribution >= 4 is 32.3 Å². The molecule has 1 unspecified atom stereocenters. The van der Waals surface area contributed by atoms with Gasteiger partial charge in [-0.1, -0.05) is 60.6 Å². The van der Waals surface area contributed by atoms with Gasteiger partial charge in [-0.05, 0) is 109 Å². The van der Waals surface area contributed by atoms with Crippen LogP contribution in [0.25, 0.3) is 0 Å². The number of nitrogens with zero attached hydrogens (tertiary/aromatic N) is 2. The number of allylic oxidation sites excluding steroid dienone is 3. The van der Waals surface area contributed by atoms with E-state index in [-0.39, 0.29) is 17.1 Å². The zero-order valence-corrected chi connectivity index (χ0v) is 33.5. The minimum absolute atomic E-state index is 0.0578. The molecule has 0 saturated carbocycles. The lowest BCUT2D eigenvalue weighted by Crippen LogP contribution is -2.38. The van der Waals surface area contributed by atoms with Crippen molar-refractivity contribution in [2.75, 3.05) is 44.4 Å². The van der Waals surface area contributed by atoms with E-state index in [9.17, 15) is 8.42 Å². The highest BCUT2D eigenvalue weighted by molar-refractivity contribution is 8.30. The molecular formula is C40H61N2O5S2. The monoisotopic (exact) mass is 713 g/mol. The summed E-state index contributed by atoms with van der Waals surface area (Å²) in [5.41, 5.74) is 6.32. The zero-order valence-electron chi connectivity index (χ0n) is 31.9. The number of hydrogen-bond acceptors (Lipinski definition) is 7. The van der Waals surface area contributed by atoms with E-state index < -0.39 is 25.8 Å². The van der Waals surface area contributed by atoms with Crippen molar-refractivity contribution in [2.24, 2.45) is 10.9 Å². The first-order chi connectivity index (χ1) is 22.8. The Morgan fingerprint density at radius 3 is 2.43 bits per heavy atom. The number of aliphatic imine (C=N–C) groups is 1. The number of benzene rings is 1. The maximum absolute atomic E-state index is 10.5. The molecule has 0 amide bonds. The van der Waals surface area contributed by atoms with E-state index in [2.05, 4.69) is 117 Å². The maximum Gasteiger partial charge on any atom is 0.264 e. The fourth-order valence-electron chi connectivity index (χ4n) is 5.21. The zero-order chi connectivity index (χ0) is 37.0. The first-order valence-electron chi connectivity index (χ1n) is 17.2. The van der Waals surface area contributed by atoms with Gasteiger partial charge in [0.1, 0.15) is 17.4 Å². The van der Waals surface area contributed by atoms with E-state index in [1.54, 1.807) is 6.92 Å². The minimum atomic E-state index is -3.34. The molecule has 3 rings (SSSR count). The second-order valence-electron chi connectivity index (χ2n) is 14.5. The Morgan fingerprint density at radius 2 is 1.92 bits per heavy atom. The fourth-order valence-corrected chi connectivity index (χ4v) is 6.72. The van der Waals surface area contributed by atoms with Crippen LogP contribution in [0.1, 0.15) is 92.1 Å². The molecular weight excluding hydrogens is 653 g/mol. The van der Waals surface area contributed by atoms with Crippen molar-refractivity contribution < 1.29 is 21.5 Å². The lowest BCUT2D eigenvalue weighted by atomic mass is 9.82. The Labute approximate surface area is 300 Å². The molecule has 0 N–H and O–H groups in total. The van der Waals surface area contributed by atoms with Crippen LogP contribution in [-0.2, 0) is 24.5 Å². The predicted octanol–water partition coefficient (Wildman–Crippen LogP) is 8.96. The molecule has 0 spiro atoms. The Balaban J connectivity index is 0.000000650. The molecule has 1 aliphatic heterocycles. The van der Waals surface area contributed by atoms with Crippen LogP contribution in [0.5, 0.6) is 5.75 Å². The first-order valence-corrected chi connectivity index (χ1v) is 21.4. The van der Waals surface area contributed by atoms with E-state index in [0.717, 1.165) is 67.5 Å². The Morgan fingerprint density at radius 1 is 1.24 bits per heavy atom. The van der Waals surface area contributed by atoms with Gasteiger partial charge in [-0.15, -0.1) is 5.73 Å². The molecule has 1 heterocycles. The van der Waals surface area contributed by atoms with E-state index in [4.69, 9.17) is 15.5 Å². The summed E-state index contributed by atoms with van der Waals surface area (Å²) in [6.45, 7) is 23.0. The number of anilines is 1. The van der Waals surface area contributed by atoms with Crippen LogP contribution in [0, 0.1) is 24.3 Å². The Hall–Kier alpha value is -2.73. The van der Waals surface area contributed by atoms with Gasteiger partial charge in [0.25, 0.3) is 10.1 Å². The van der Waals surface area contributed by atoms with Gasteiger partial charge >= 0.3 is 0 Å². The molecule has 0 bridgehead atoms. The van der Waals surface area contributed by atoms with Gasteiger partial charge in [-0.3, -0.25) is 9.18 Å². The number of rotatable bonds is 16. The Bertz CT molecular complexity index is 1540. The van der Waals surface area contributed by atoms with Crippen molar-refractivity contribution in [2.45, 2.75) is 109 Å². The summed E-state index contributed by atoms with van der Waals surface area (Å²) < 4.78 is 38.6. The van der Waals surface area contributed by atoms with Crippen LogP contribution in [0.15, 0.2) is 58.8 Å². The highest BCUT2D eigenvalue weighted by Crippen LogP contribution is 2.54. The van der Waals surface area contributed by atoms with Gasteiger partial charge in [0, 0.05) is 54.9 Å². The molecule has 1 aliphatic carbocycles. The summed E-state index contributed by atoms with van der Waals surface area (Å²) in [7, 11) is -0.717. The summed E-state index contributed by atoms with van der Waals surface area (Å²) in [6, 6.07) is 6.50. The van der Waals surface area contributed by atoms with Crippen LogP contribution in [-0.4, -0.2) is 71.2 Å². The average Bonchev–Trinajstić information content (AvgIpc) is 3.83. The SMILES string of the molecule is C=C(C/C=C(\C=NC)C1(c2cc(OS(C)(C)C(C)(C)C)ccc2N(C)C2CCCCO2)C#C1)C[C@@H](C)CC.[CH]=C=CC[C@@H](C)OS(C)(=O)=O. The van der Waals surface area contributed by atoms with Crippen LogP contribution in [0.2, 0.25) is 0 Å². The standard InChI is InChI=1S/C33H50N2O2S.C7H11O3S/c1-11-25(2)22-26(3)15-16-27(24-34-7)33(19-20-33)29-23-28(37-38(9,10)32(4,5)6)17-18-30(29)35(8)31-14-12-13-21-36-31;1-4-5-6-7(2)10-11(3,8)9/h16-18,23-25,31H,3,11-15,21-22H2,1-2,4-10H3;1,5,7H,6H2,2-3H3/b27-16+,34-24?;/t25-,31?;4?,7-/m01/s1. The lowest BCUT2D eigenvalue weighted by Gasteiger charge is -2.44. The number of hydrogen-bond donors (Lipinski definition) is 0. The largest absolute Gasteiger partial charge is 0.449 e. The lowest BCUT2D eigenvalue weighted by molar-refractivity contribution is 0.0173. The van der Waals surface area contributed by atoms with Crippen molar-refractivity contribution in [3.8, 4) is 17.6 Å². The van der Waals surface area contributed by atoms with Crippen molar-refractivity contribution in [3.05, 3.63) is 65.9 Å². The molecule has 3 atom stereocenters. The van der Waals surface area contributed by atoms with E-state index in [1.807, 2.05) is 13.3 Å². The highest BCUT2D eigenvalue weighted by Gasteiger charge is 2.43. The van der Waals surface area contributed by atoms with Crippen LogP contribution < -0.4 is 9.08 Å². The van der Waals surface area contributed by atoms with Gasteiger partial charge < -0.3 is 13.8 Å². The Kier molecular flexibility index (Phi) is 16.0. The fraction of sp³-hybridized carbons (Fsp3) is 0.600. The molecule has 9 heteroatoms.